The summed E-state index contributed by atoms with van der Waals surface area (Å²) in [5, 5.41) is 0.927. The zero-order valence-electron chi connectivity index (χ0n) is 11.3. The summed E-state index contributed by atoms with van der Waals surface area (Å²) in [6, 6.07) is 5.06. The first-order chi connectivity index (χ1) is 9.02. The van der Waals surface area contributed by atoms with Crippen molar-refractivity contribution in [2.45, 2.75) is 25.8 Å². The van der Waals surface area contributed by atoms with Gasteiger partial charge in [-0.1, -0.05) is 30.1 Å². The fourth-order valence-corrected chi connectivity index (χ4v) is 3.05. The van der Waals surface area contributed by atoms with Gasteiger partial charge in [0.2, 0.25) is 0 Å². The van der Waals surface area contributed by atoms with Crippen LogP contribution in [0.15, 0.2) is 18.2 Å². The molecule has 2 N–H and O–H groups in total. The van der Waals surface area contributed by atoms with Gasteiger partial charge >= 0.3 is 0 Å². The molecule has 3 nitrogen and oxygen atoms in total. The van der Waals surface area contributed by atoms with E-state index < -0.39 is 0 Å². The van der Waals surface area contributed by atoms with Crippen LogP contribution in [0.25, 0.3) is 0 Å². The molecule has 0 aromatic heterocycles. The summed E-state index contributed by atoms with van der Waals surface area (Å²) in [5.41, 5.74) is 6.29. The van der Waals surface area contributed by atoms with Gasteiger partial charge in [0.05, 0.1) is 10.6 Å². The van der Waals surface area contributed by atoms with E-state index in [1.54, 1.807) is 18.2 Å². The van der Waals surface area contributed by atoms with Crippen molar-refractivity contribution in [1.82, 2.24) is 4.90 Å². The van der Waals surface area contributed by atoms with Gasteiger partial charge < -0.3 is 10.6 Å². The number of amides is 1. The number of nitrogens with two attached hydrogens (primary N) is 1. The largest absolute Gasteiger partial charge is 0.334 e. The van der Waals surface area contributed by atoms with Crippen molar-refractivity contribution in [2.75, 3.05) is 13.1 Å². The Labute approximate surface area is 135 Å². The summed E-state index contributed by atoms with van der Waals surface area (Å²) in [4.78, 5) is 14.4. The van der Waals surface area contributed by atoms with Crippen LogP contribution < -0.4 is 5.73 Å². The molecule has 2 atom stereocenters. The summed E-state index contributed by atoms with van der Waals surface area (Å²) < 4.78 is 0. The lowest BCUT2D eigenvalue weighted by molar-refractivity contribution is 0.0574. The molecule has 0 spiro atoms. The number of rotatable bonds is 2. The number of likely N-dealkylation sites (tertiary alicyclic amines) is 1. The SMILES string of the molecule is CC1CCN(C(=O)c2ccc(Cl)cc2Cl)C(CN)C1.Cl. The summed E-state index contributed by atoms with van der Waals surface area (Å²) in [5.74, 6) is 0.558. The monoisotopic (exact) mass is 336 g/mol. The van der Waals surface area contributed by atoms with Crippen LogP contribution in [0, 0.1) is 5.92 Å². The van der Waals surface area contributed by atoms with E-state index in [2.05, 4.69) is 6.92 Å². The quantitative estimate of drug-likeness (QED) is 0.896. The first-order valence-electron chi connectivity index (χ1n) is 6.49. The van der Waals surface area contributed by atoms with Crippen LogP contribution in [-0.4, -0.2) is 29.9 Å². The molecule has 1 heterocycles. The molecule has 0 saturated carbocycles. The van der Waals surface area contributed by atoms with E-state index in [-0.39, 0.29) is 24.4 Å². The molecule has 1 saturated heterocycles. The number of hydrogen-bond donors (Lipinski definition) is 1. The van der Waals surface area contributed by atoms with Gasteiger partial charge in [-0.3, -0.25) is 4.79 Å². The molecule has 6 heteroatoms. The van der Waals surface area contributed by atoms with Crippen LogP contribution in [0.5, 0.6) is 0 Å². The van der Waals surface area contributed by atoms with Crippen LogP contribution in [0.3, 0.4) is 0 Å². The second kappa shape index (κ2) is 7.51. The zero-order chi connectivity index (χ0) is 14.0. The van der Waals surface area contributed by atoms with E-state index in [9.17, 15) is 4.79 Å². The maximum absolute atomic E-state index is 12.6. The van der Waals surface area contributed by atoms with Crippen molar-refractivity contribution < 1.29 is 4.79 Å². The second-order valence-electron chi connectivity index (χ2n) is 5.14. The van der Waals surface area contributed by atoms with Crippen molar-refractivity contribution in [1.29, 1.82) is 0 Å². The van der Waals surface area contributed by atoms with Gasteiger partial charge in [0.1, 0.15) is 0 Å². The van der Waals surface area contributed by atoms with Crippen LogP contribution in [0.1, 0.15) is 30.1 Å². The molecule has 20 heavy (non-hydrogen) atoms. The molecule has 2 unspecified atom stereocenters. The van der Waals surface area contributed by atoms with E-state index in [4.69, 9.17) is 28.9 Å². The molecule has 112 valence electrons. The van der Waals surface area contributed by atoms with E-state index in [1.165, 1.54) is 0 Å². The number of nitrogens with zero attached hydrogens (tertiary/aromatic N) is 1. The molecule has 2 rings (SSSR count). The lowest BCUT2D eigenvalue weighted by Crippen LogP contribution is -2.49. The van der Waals surface area contributed by atoms with Crippen LogP contribution in [0.4, 0.5) is 0 Å². The van der Waals surface area contributed by atoms with Gasteiger partial charge in [-0.2, -0.15) is 0 Å². The first-order valence-corrected chi connectivity index (χ1v) is 7.24. The minimum atomic E-state index is -0.0518. The van der Waals surface area contributed by atoms with Crippen LogP contribution in [-0.2, 0) is 0 Å². The first kappa shape index (κ1) is 17.6. The molecule has 1 amide bonds. The summed E-state index contributed by atoms with van der Waals surface area (Å²) in [6.45, 7) is 3.42. The maximum atomic E-state index is 12.6. The van der Waals surface area contributed by atoms with Gasteiger partial charge in [0.15, 0.2) is 0 Å². The van der Waals surface area contributed by atoms with Crippen LogP contribution >= 0.6 is 35.6 Å². The Morgan fingerprint density at radius 1 is 1.45 bits per heavy atom. The molecule has 1 aromatic carbocycles. The lowest BCUT2D eigenvalue weighted by Gasteiger charge is -2.38. The van der Waals surface area contributed by atoms with Crippen molar-refractivity contribution in [3.05, 3.63) is 33.8 Å². The van der Waals surface area contributed by atoms with Crippen LogP contribution in [0.2, 0.25) is 10.0 Å². The van der Waals surface area contributed by atoms with Gasteiger partial charge in [-0.05, 0) is 37.0 Å². The number of carbonyl (C=O) groups is 1. The Balaban J connectivity index is 0.00000200. The van der Waals surface area contributed by atoms with Gasteiger partial charge in [0, 0.05) is 24.2 Å². The third kappa shape index (κ3) is 3.79. The molecule has 1 aliphatic heterocycles. The van der Waals surface area contributed by atoms with Crippen molar-refractivity contribution in [2.24, 2.45) is 11.7 Å². The molecule has 1 fully saturated rings. The minimum Gasteiger partial charge on any atom is -0.334 e. The zero-order valence-corrected chi connectivity index (χ0v) is 13.6. The van der Waals surface area contributed by atoms with E-state index in [0.717, 1.165) is 19.4 Å². The highest BCUT2D eigenvalue weighted by molar-refractivity contribution is 6.36. The number of benzene rings is 1. The summed E-state index contributed by atoms with van der Waals surface area (Å²) in [7, 11) is 0. The molecule has 0 bridgehead atoms. The Bertz CT molecular complexity index is 481. The Hall–Kier alpha value is -0.480. The molecular formula is C14H19Cl3N2O. The second-order valence-corrected chi connectivity index (χ2v) is 5.99. The van der Waals surface area contributed by atoms with Crippen molar-refractivity contribution in [3.8, 4) is 0 Å². The third-order valence-corrected chi connectivity index (χ3v) is 4.22. The topological polar surface area (TPSA) is 46.3 Å². The smallest absolute Gasteiger partial charge is 0.255 e. The highest BCUT2D eigenvalue weighted by atomic mass is 35.5. The number of halogens is 3. The van der Waals surface area contributed by atoms with E-state index in [0.29, 0.717) is 28.1 Å². The third-order valence-electron chi connectivity index (χ3n) is 3.67. The number of carbonyl (C=O) groups excluding carboxylic acids is 1. The number of hydrogen-bond acceptors (Lipinski definition) is 2. The Morgan fingerprint density at radius 2 is 2.15 bits per heavy atom. The highest BCUT2D eigenvalue weighted by Crippen LogP contribution is 2.27. The van der Waals surface area contributed by atoms with Crippen molar-refractivity contribution in [3.63, 3.8) is 0 Å². The normalized spacial score (nSPS) is 22.3. The summed E-state index contributed by atoms with van der Waals surface area (Å²) >= 11 is 12.0. The summed E-state index contributed by atoms with van der Waals surface area (Å²) in [6.07, 6.45) is 1.96. The standard InChI is InChI=1S/C14H18Cl2N2O.ClH/c1-9-4-5-18(11(6-9)8-17)14(19)12-3-2-10(15)7-13(12)16;/h2-3,7,9,11H,4-6,8,17H2,1H3;1H. The fourth-order valence-electron chi connectivity index (χ4n) is 2.56. The van der Waals surface area contributed by atoms with Crippen molar-refractivity contribution >= 4 is 41.5 Å². The van der Waals surface area contributed by atoms with Gasteiger partial charge in [-0.15, -0.1) is 12.4 Å². The molecule has 0 radical (unpaired) electrons. The Kier molecular flexibility index (Phi) is 6.59. The molecule has 0 aliphatic carbocycles. The minimum absolute atomic E-state index is 0. The highest BCUT2D eigenvalue weighted by Gasteiger charge is 2.30. The molecule has 1 aromatic rings. The van der Waals surface area contributed by atoms with Gasteiger partial charge in [-0.25, -0.2) is 0 Å². The van der Waals surface area contributed by atoms with E-state index >= 15 is 0 Å². The van der Waals surface area contributed by atoms with E-state index in [1.807, 2.05) is 4.90 Å². The predicted octanol–water partition coefficient (Wildman–Crippen LogP) is 3.61. The number of piperidine rings is 1. The lowest BCUT2D eigenvalue weighted by atomic mass is 9.92. The average Bonchev–Trinajstić information content (AvgIpc) is 2.37. The van der Waals surface area contributed by atoms with Gasteiger partial charge in [0.25, 0.3) is 5.91 Å². The molecular weight excluding hydrogens is 319 g/mol. The molecule has 1 aliphatic rings. The maximum Gasteiger partial charge on any atom is 0.255 e. The fraction of sp³-hybridized carbons (Fsp3) is 0.500. The Morgan fingerprint density at radius 3 is 2.75 bits per heavy atom. The predicted molar refractivity (Wildman–Crippen MR) is 86.0 cm³/mol. The average molecular weight is 338 g/mol.